The maximum Gasteiger partial charge on any atom is 0.124 e. The van der Waals surface area contributed by atoms with Crippen molar-refractivity contribution in [2.45, 2.75) is 25.8 Å². The summed E-state index contributed by atoms with van der Waals surface area (Å²) < 4.78 is 5.78. The molecule has 1 heterocycles. The number of rotatable bonds is 6. The Kier molecular flexibility index (Phi) is 5.23. The summed E-state index contributed by atoms with van der Waals surface area (Å²) >= 11 is 0. The molecule has 3 nitrogen and oxygen atoms in total. The average molecular weight is 262 g/mol. The van der Waals surface area contributed by atoms with Gasteiger partial charge < -0.3 is 15.0 Å². The van der Waals surface area contributed by atoms with E-state index in [2.05, 4.69) is 49.4 Å². The van der Waals surface area contributed by atoms with Crippen molar-refractivity contribution in [2.75, 3.05) is 33.8 Å². The molecule has 0 bridgehead atoms. The van der Waals surface area contributed by atoms with Gasteiger partial charge in [-0.3, -0.25) is 0 Å². The van der Waals surface area contributed by atoms with E-state index >= 15 is 0 Å². The highest BCUT2D eigenvalue weighted by Crippen LogP contribution is 2.34. The summed E-state index contributed by atoms with van der Waals surface area (Å²) in [5.74, 6) is 1.58. The third-order valence-corrected chi connectivity index (χ3v) is 3.72. The molecular weight excluding hydrogens is 236 g/mol. The second-order valence-corrected chi connectivity index (χ2v) is 5.77. The Hall–Kier alpha value is -1.06. The second kappa shape index (κ2) is 6.92. The summed E-state index contributed by atoms with van der Waals surface area (Å²) in [6, 6.07) is 8.83. The molecule has 1 aliphatic rings. The van der Waals surface area contributed by atoms with Crippen molar-refractivity contribution in [3.05, 3.63) is 29.8 Å². The minimum absolute atomic E-state index is 0.435. The van der Waals surface area contributed by atoms with Gasteiger partial charge in [-0.25, -0.2) is 0 Å². The van der Waals surface area contributed by atoms with E-state index in [1.807, 2.05) is 6.07 Å². The molecule has 2 unspecified atom stereocenters. The third-order valence-electron chi connectivity index (χ3n) is 3.72. The number of unbranched alkanes of at least 4 members (excludes halogenated alkanes) is 1. The van der Waals surface area contributed by atoms with Crippen LogP contribution in [0.15, 0.2) is 24.3 Å². The van der Waals surface area contributed by atoms with Gasteiger partial charge in [-0.1, -0.05) is 25.1 Å². The largest absolute Gasteiger partial charge is 0.493 e. The van der Waals surface area contributed by atoms with Crippen LogP contribution in [-0.4, -0.2) is 38.7 Å². The minimum atomic E-state index is 0.435. The smallest absolute Gasteiger partial charge is 0.124 e. The first-order valence-corrected chi connectivity index (χ1v) is 7.28. The van der Waals surface area contributed by atoms with E-state index in [-0.39, 0.29) is 0 Å². The summed E-state index contributed by atoms with van der Waals surface area (Å²) in [5, 5.41) is 3.70. The van der Waals surface area contributed by atoms with Crippen LogP contribution in [0.25, 0.3) is 0 Å². The Labute approximate surface area is 116 Å². The van der Waals surface area contributed by atoms with Crippen molar-refractivity contribution < 1.29 is 4.74 Å². The number of nitrogens with one attached hydrogen (secondary N) is 1. The molecule has 0 spiro atoms. The molecule has 0 amide bonds. The van der Waals surface area contributed by atoms with Gasteiger partial charge in [0, 0.05) is 17.5 Å². The zero-order valence-corrected chi connectivity index (χ0v) is 12.4. The molecule has 0 radical (unpaired) electrons. The van der Waals surface area contributed by atoms with Gasteiger partial charge in [0.25, 0.3) is 0 Å². The van der Waals surface area contributed by atoms with Crippen LogP contribution in [0.5, 0.6) is 5.75 Å². The van der Waals surface area contributed by atoms with Crippen molar-refractivity contribution in [3.8, 4) is 5.75 Å². The van der Waals surface area contributed by atoms with Gasteiger partial charge in [0.05, 0.1) is 6.61 Å². The first-order chi connectivity index (χ1) is 9.18. The molecule has 19 heavy (non-hydrogen) atoms. The predicted octanol–water partition coefficient (Wildman–Crippen LogP) is 2.69. The van der Waals surface area contributed by atoms with Gasteiger partial charge in [0.2, 0.25) is 0 Å². The standard InChI is InChI=1S/C16H26N2O/c1-13-12-19-15-9-5-4-8-14(15)16(13)17-10-6-7-11-18(2)3/h4-5,8-9,13,16-17H,6-7,10-12H2,1-3H3. The first-order valence-electron chi connectivity index (χ1n) is 7.28. The van der Waals surface area contributed by atoms with E-state index in [9.17, 15) is 0 Å². The fraction of sp³-hybridized carbons (Fsp3) is 0.625. The van der Waals surface area contributed by atoms with Gasteiger partial charge in [-0.2, -0.15) is 0 Å². The van der Waals surface area contributed by atoms with Crippen LogP contribution in [-0.2, 0) is 0 Å². The van der Waals surface area contributed by atoms with Crippen LogP contribution in [0.1, 0.15) is 31.4 Å². The molecule has 0 aromatic heterocycles. The average Bonchev–Trinajstić information content (AvgIpc) is 2.40. The summed E-state index contributed by atoms with van der Waals surface area (Å²) in [7, 11) is 4.26. The lowest BCUT2D eigenvalue weighted by Gasteiger charge is -2.32. The van der Waals surface area contributed by atoms with Crippen LogP contribution in [0.4, 0.5) is 0 Å². The summed E-state index contributed by atoms with van der Waals surface area (Å²) in [5.41, 5.74) is 1.31. The van der Waals surface area contributed by atoms with Crippen LogP contribution in [0.2, 0.25) is 0 Å². The maximum absolute atomic E-state index is 5.78. The number of hydrogen-bond donors (Lipinski definition) is 1. The van der Waals surface area contributed by atoms with Crippen molar-refractivity contribution in [3.63, 3.8) is 0 Å². The van der Waals surface area contributed by atoms with Crippen molar-refractivity contribution in [1.29, 1.82) is 0 Å². The van der Waals surface area contributed by atoms with E-state index in [0.717, 1.165) is 18.9 Å². The van der Waals surface area contributed by atoms with E-state index in [0.29, 0.717) is 12.0 Å². The monoisotopic (exact) mass is 262 g/mol. The van der Waals surface area contributed by atoms with Gasteiger partial charge >= 0.3 is 0 Å². The van der Waals surface area contributed by atoms with Gasteiger partial charge in [0.1, 0.15) is 5.75 Å². The zero-order chi connectivity index (χ0) is 13.7. The lowest BCUT2D eigenvalue weighted by molar-refractivity contribution is 0.188. The molecule has 2 rings (SSSR count). The fourth-order valence-corrected chi connectivity index (χ4v) is 2.61. The maximum atomic E-state index is 5.78. The molecule has 0 saturated carbocycles. The zero-order valence-electron chi connectivity index (χ0n) is 12.4. The molecule has 0 fully saturated rings. The molecule has 2 atom stereocenters. The fourth-order valence-electron chi connectivity index (χ4n) is 2.61. The Morgan fingerprint density at radius 3 is 2.84 bits per heavy atom. The van der Waals surface area contributed by atoms with Gasteiger partial charge in [-0.05, 0) is 46.1 Å². The number of benzene rings is 1. The lowest BCUT2D eigenvalue weighted by atomic mass is 9.92. The van der Waals surface area contributed by atoms with Crippen LogP contribution >= 0.6 is 0 Å². The summed E-state index contributed by atoms with van der Waals surface area (Å²) in [4.78, 5) is 2.24. The quantitative estimate of drug-likeness (QED) is 0.798. The molecule has 1 N–H and O–H groups in total. The SMILES string of the molecule is CC1COc2ccccc2C1NCCCCN(C)C. The minimum Gasteiger partial charge on any atom is -0.493 e. The van der Waals surface area contributed by atoms with Crippen molar-refractivity contribution in [1.82, 2.24) is 10.2 Å². The second-order valence-electron chi connectivity index (χ2n) is 5.77. The number of fused-ring (bicyclic) bond motifs is 1. The molecule has 3 heteroatoms. The first kappa shape index (κ1) is 14.4. The summed E-state index contributed by atoms with van der Waals surface area (Å²) in [6.07, 6.45) is 2.48. The highest BCUT2D eigenvalue weighted by atomic mass is 16.5. The third kappa shape index (κ3) is 3.95. The van der Waals surface area contributed by atoms with Crippen molar-refractivity contribution in [2.24, 2.45) is 5.92 Å². The lowest BCUT2D eigenvalue weighted by Crippen LogP contribution is -2.34. The normalized spacial score (nSPS) is 22.1. The van der Waals surface area contributed by atoms with E-state index < -0.39 is 0 Å². The predicted molar refractivity (Wildman–Crippen MR) is 79.6 cm³/mol. The van der Waals surface area contributed by atoms with Gasteiger partial charge in [-0.15, -0.1) is 0 Å². The van der Waals surface area contributed by atoms with Crippen LogP contribution < -0.4 is 10.1 Å². The van der Waals surface area contributed by atoms with E-state index in [4.69, 9.17) is 4.74 Å². The summed E-state index contributed by atoms with van der Waals surface area (Å²) in [6.45, 7) is 5.32. The molecule has 1 aromatic rings. The van der Waals surface area contributed by atoms with Crippen LogP contribution in [0.3, 0.4) is 0 Å². The number of ether oxygens (including phenoxy) is 1. The molecule has 1 aliphatic heterocycles. The van der Waals surface area contributed by atoms with E-state index in [1.54, 1.807) is 0 Å². The molecule has 0 aliphatic carbocycles. The highest BCUT2D eigenvalue weighted by Gasteiger charge is 2.26. The molecule has 0 saturated heterocycles. The molecule has 106 valence electrons. The number of para-hydroxylation sites is 1. The molecular formula is C16H26N2O. The Morgan fingerprint density at radius 2 is 2.05 bits per heavy atom. The van der Waals surface area contributed by atoms with E-state index in [1.165, 1.54) is 24.9 Å². The Bertz CT molecular complexity index is 392. The molecule has 1 aromatic carbocycles. The number of nitrogens with zero attached hydrogens (tertiary/aromatic N) is 1. The van der Waals surface area contributed by atoms with Crippen LogP contribution in [0, 0.1) is 5.92 Å². The Morgan fingerprint density at radius 1 is 1.26 bits per heavy atom. The highest BCUT2D eigenvalue weighted by molar-refractivity contribution is 5.37. The van der Waals surface area contributed by atoms with Crippen molar-refractivity contribution >= 4 is 0 Å². The number of hydrogen-bond acceptors (Lipinski definition) is 3. The van der Waals surface area contributed by atoms with Gasteiger partial charge in [0.15, 0.2) is 0 Å². The topological polar surface area (TPSA) is 24.5 Å². The Balaban J connectivity index is 1.85.